The lowest BCUT2D eigenvalue weighted by atomic mass is 10.1. The van der Waals surface area contributed by atoms with Gasteiger partial charge in [-0.3, -0.25) is 19.2 Å². The molecule has 0 aliphatic carbocycles. The largest absolute Gasteiger partial charge is 0.326 e. The molecule has 0 saturated carbocycles. The van der Waals surface area contributed by atoms with Crippen LogP contribution in [0.15, 0.2) is 48.5 Å². The fraction of sp³-hybridized carbons (Fsp3) is 0.360. The van der Waals surface area contributed by atoms with Gasteiger partial charge >= 0.3 is 0 Å². The number of anilines is 4. The van der Waals surface area contributed by atoms with Gasteiger partial charge in [-0.15, -0.1) is 0 Å². The molecule has 0 aliphatic heterocycles. The molecule has 0 fully saturated rings. The first kappa shape index (κ1) is 25.6. The number of carbonyl (C=O) groups excluding carboxylic acids is 4. The lowest BCUT2D eigenvalue weighted by Crippen LogP contribution is -2.12. The third-order valence-corrected chi connectivity index (χ3v) is 4.79. The average Bonchev–Trinajstić information content (AvgIpc) is 2.75. The zero-order valence-corrected chi connectivity index (χ0v) is 19.2. The Morgan fingerprint density at radius 2 is 0.758 bits per heavy atom. The highest BCUT2D eigenvalue weighted by Crippen LogP contribution is 2.16. The molecule has 0 atom stereocenters. The van der Waals surface area contributed by atoms with Crippen molar-refractivity contribution in [2.75, 3.05) is 21.3 Å². The van der Waals surface area contributed by atoms with E-state index in [1.165, 1.54) is 13.8 Å². The predicted octanol–water partition coefficient (Wildman–Crippen LogP) is 4.91. The standard InChI is InChI=1S/C25H32N4O4/c1-18(30)26-20-10-14-22(15-11-20)28-24(32)8-6-4-3-5-7-9-25(33)29-23-16-12-21(13-17-23)27-19(2)31/h10-17H,3-9H2,1-2H3,(H,26,30)(H,27,31)(H,28,32)(H,29,33). The van der Waals surface area contributed by atoms with E-state index in [1.807, 2.05) is 0 Å². The minimum atomic E-state index is -0.137. The maximum Gasteiger partial charge on any atom is 0.224 e. The first-order chi connectivity index (χ1) is 15.8. The summed E-state index contributed by atoms with van der Waals surface area (Å²) in [5, 5.41) is 11.1. The zero-order valence-electron chi connectivity index (χ0n) is 19.2. The third-order valence-electron chi connectivity index (χ3n) is 4.79. The number of hydrogen-bond donors (Lipinski definition) is 4. The molecule has 2 aromatic rings. The summed E-state index contributed by atoms with van der Waals surface area (Å²) in [6.07, 6.45) is 5.32. The molecular weight excluding hydrogens is 420 g/mol. The van der Waals surface area contributed by atoms with Crippen molar-refractivity contribution in [1.29, 1.82) is 0 Å². The van der Waals surface area contributed by atoms with Crippen LogP contribution in [0.2, 0.25) is 0 Å². The molecule has 4 amide bonds. The second-order valence-electron chi connectivity index (χ2n) is 7.88. The van der Waals surface area contributed by atoms with E-state index in [9.17, 15) is 19.2 Å². The molecule has 0 aromatic heterocycles. The fourth-order valence-corrected chi connectivity index (χ4v) is 3.23. The summed E-state index contributed by atoms with van der Waals surface area (Å²) in [5.41, 5.74) is 2.78. The van der Waals surface area contributed by atoms with E-state index in [-0.39, 0.29) is 23.6 Å². The molecule has 0 radical (unpaired) electrons. The number of amides is 4. The van der Waals surface area contributed by atoms with Gasteiger partial charge < -0.3 is 21.3 Å². The summed E-state index contributed by atoms with van der Waals surface area (Å²) < 4.78 is 0. The fourth-order valence-electron chi connectivity index (χ4n) is 3.23. The maximum atomic E-state index is 12.0. The van der Waals surface area contributed by atoms with Crippen LogP contribution < -0.4 is 21.3 Å². The van der Waals surface area contributed by atoms with Crippen LogP contribution in [-0.4, -0.2) is 23.6 Å². The molecule has 8 heteroatoms. The SMILES string of the molecule is CC(=O)Nc1ccc(NC(=O)CCCCCCCC(=O)Nc2ccc(NC(C)=O)cc2)cc1. The van der Waals surface area contributed by atoms with Gasteiger partial charge in [0, 0.05) is 49.4 Å². The monoisotopic (exact) mass is 452 g/mol. The number of unbranched alkanes of at least 4 members (excludes halogenated alkanes) is 4. The van der Waals surface area contributed by atoms with E-state index < -0.39 is 0 Å². The van der Waals surface area contributed by atoms with Crippen LogP contribution in [-0.2, 0) is 19.2 Å². The smallest absolute Gasteiger partial charge is 0.224 e. The van der Waals surface area contributed by atoms with Crippen LogP contribution in [0.3, 0.4) is 0 Å². The van der Waals surface area contributed by atoms with Crippen molar-refractivity contribution in [2.45, 2.75) is 58.8 Å². The Morgan fingerprint density at radius 3 is 1.06 bits per heavy atom. The maximum absolute atomic E-state index is 12.0. The lowest BCUT2D eigenvalue weighted by molar-refractivity contribution is -0.117. The van der Waals surface area contributed by atoms with Gasteiger partial charge in [-0.25, -0.2) is 0 Å². The predicted molar refractivity (Wildman–Crippen MR) is 131 cm³/mol. The summed E-state index contributed by atoms with van der Waals surface area (Å²) in [6, 6.07) is 14.0. The molecule has 176 valence electrons. The summed E-state index contributed by atoms with van der Waals surface area (Å²) in [4.78, 5) is 46.1. The first-order valence-corrected chi connectivity index (χ1v) is 11.2. The zero-order chi connectivity index (χ0) is 24.1. The Hall–Kier alpha value is -3.68. The molecule has 4 N–H and O–H groups in total. The Labute approximate surface area is 194 Å². The summed E-state index contributed by atoms with van der Waals surface area (Å²) in [6.45, 7) is 2.89. The van der Waals surface area contributed by atoms with Crippen molar-refractivity contribution in [2.24, 2.45) is 0 Å². The van der Waals surface area contributed by atoms with Crippen LogP contribution in [0.4, 0.5) is 22.7 Å². The summed E-state index contributed by atoms with van der Waals surface area (Å²) in [7, 11) is 0. The number of hydrogen-bond acceptors (Lipinski definition) is 4. The molecule has 2 aromatic carbocycles. The second kappa shape index (κ2) is 13.7. The Kier molecular flexibility index (Phi) is 10.6. The molecule has 2 rings (SSSR count). The van der Waals surface area contributed by atoms with Gasteiger partial charge in [-0.05, 0) is 61.4 Å². The van der Waals surface area contributed by atoms with Crippen molar-refractivity contribution in [3.63, 3.8) is 0 Å². The van der Waals surface area contributed by atoms with Gasteiger partial charge in [0.25, 0.3) is 0 Å². The van der Waals surface area contributed by atoms with Crippen molar-refractivity contribution in [3.05, 3.63) is 48.5 Å². The Morgan fingerprint density at radius 1 is 0.485 bits per heavy atom. The van der Waals surface area contributed by atoms with E-state index in [2.05, 4.69) is 21.3 Å². The van der Waals surface area contributed by atoms with Crippen LogP contribution in [0.5, 0.6) is 0 Å². The number of nitrogens with one attached hydrogen (secondary N) is 4. The van der Waals surface area contributed by atoms with E-state index in [4.69, 9.17) is 0 Å². The highest BCUT2D eigenvalue weighted by atomic mass is 16.2. The summed E-state index contributed by atoms with van der Waals surface area (Å²) >= 11 is 0. The molecule has 0 spiro atoms. The van der Waals surface area contributed by atoms with E-state index in [0.29, 0.717) is 35.6 Å². The van der Waals surface area contributed by atoms with Crippen LogP contribution in [0.25, 0.3) is 0 Å². The van der Waals surface area contributed by atoms with Gasteiger partial charge in [0.1, 0.15) is 0 Å². The van der Waals surface area contributed by atoms with Gasteiger partial charge in [0.15, 0.2) is 0 Å². The Bertz CT molecular complexity index is 862. The van der Waals surface area contributed by atoms with Crippen molar-refractivity contribution >= 4 is 46.4 Å². The van der Waals surface area contributed by atoms with Crippen molar-refractivity contribution in [3.8, 4) is 0 Å². The highest BCUT2D eigenvalue weighted by molar-refractivity contribution is 5.93. The van der Waals surface area contributed by atoms with E-state index >= 15 is 0 Å². The molecule has 0 saturated heterocycles. The average molecular weight is 453 g/mol. The highest BCUT2D eigenvalue weighted by Gasteiger charge is 2.05. The minimum Gasteiger partial charge on any atom is -0.326 e. The quantitative estimate of drug-likeness (QED) is 0.342. The molecule has 0 heterocycles. The minimum absolute atomic E-state index is 0.0359. The van der Waals surface area contributed by atoms with Gasteiger partial charge in [0.2, 0.25) is 23.6 Å². The number of rotatable bonds is 12. The van der Waals surface area contributed by atoms with Crippen LogP contribution in [0.1, 0.15) is 58.8 Å². The topological polar surface area (TPSA) is 116 Å². The van der Waals surface area contributed by atoms with Gasteiger partial charge in [-0.2, -0.15) is 0 Å². The molecule has 33 heavy (non-hydrogen) atoms. The van der Waals surface area contributed by atoms with Crippen LogP contribution in [0, 0.1) is 0 Å². The Balaban J connectivity index is 1.53. The third kappa shape index (κ3) is 11.0. The van der Waals surface area contributed by atoms with Gasteiger partial charge in [-0.1, -0.05) is 19.3 Å². The van der Waals surface area contributed by atoms with Crippen molar-refractivity contribution < 1.29 is 19.2 Å². The van der Waals surface area contributed by atoms with E-state index in [0.717, 1.165) is 32.1 Å². The molecule has 8 nitrogen and oxygen atoms in total. The van der Waals surface area contributed by atoms with E-state index in [1.54, 1.807) is 48.5 Å². The van der Waals surface area contributed by atoms with Crippen LogP contribution >= 0.6 is 0 Å². The number of carbonyl (C=O) groups is 4. The second-order valence-corrected chi connectivity index (χ2v) is 7.88. The van der Waals surface area contributed by atoms with Gasteiger partial charge in [0.05, 0.1) is 0 Å². The first-order valence-electron chi connectivity index (χ1n) is 11.2. The van der Waals surface area contributed by atoms with Crippen molar-refractivity contribution in [1.82, 2.24) is 0 Å². The molecule has 0 unspecified atom stereocenters. The normalized spacial score (nSPS) is 10.2. The summed E-state index contributed by atoms with van der Waals surface area (Å²) in [5.74, 6) is -0.346. The lowest BCUT2D eigenvalue weighted by Gasteiger charge is -2.08. The number of benzene rings is 2. The molecular formula is C25H32N4O4. The molecule has 0 bridgehead atoms. The molecule has 0 aliphatic rings.